The highest BCUT2D eigenvalue weighted by Gasteiger charge is 2.72. The van der Waals surface area contributed by atoms with Gasteiger partial charge in [-0.3, -0.25) is 43.5 Å². The monoisotopic (exact) mass is 333 g/mol. The summed E-state index contributed by atoms with van der Waals surface area (Å²) in [6.45, 7) is 0. The zero-order valence-electron chi connectivity index (χ0n) is 13.3. The van der Waals surface area contributed by atoms with Crippen molar-refractivity contribution in [2.75, 3.05) is 21.1 Å². The van der Waals surface area contributed by atoms with Crippen molar-refractivity contribution in [1.82, 2.24) is 14.7 Å². The first-order valence-electron chi connectivity index (χ1n) is 7.64. The molecule has 1 aliphatic carbocycles. The topological polar surface area (TPSA) is 112 Å². The van der Waals surface area contributed by atoms with Gasteiger partial charge in [0.05, 0.1) is 35.5 Å². The van der Waals surface area contributed by atoms with Crippen LogP contribution in [0.1, 0.15) is 0 Å². The fourth-order valence-corrected chi connectivity index (χ4v) is 4.85. The Balaban J connectivity index is 1.95. The van der Waals surface area contributed by atoms with Crippen LogP contribution < -0.4 is 0 Å². The Bertz CT molecular complexity index is 588. The van der Waals surface area contributed by atoms with Crippen LogP contribution in [0.4, 0.5) is 0 Å². The van der Waals surface area contributed by atoms with E-state index in [1.807, 2.05) is 0 Å². The molecule has 3 aliphatic heterocycles. The van der Waals surface area contributed by atoms with E-state index in [2.05, 4.69) is 0 Å². The lowest BCUT2D eigenvalue weighted by Gasteiger charge is -2.36. The van der Waals surface area contributed by atoms with Gasteiger partial charge in [0, 0.05) is 21.1 Å². The van der Waals surface area contributed by atoms with Gasteiger partial charge >= 0.3 is 0 Å². The SMILES string of the molecule is CN1C(=O)C2C3C(=O)N(C)C(=O)C3C3C(=O)N(C)C(=O)C3C2C1=O. The molecular weight excluding hydrogens is 318 g/mol. The van der Waals surface area contributed by atoms with Gasteiger partial charge in [0.1, 0.15) is 0 Å². The third-order valence-electron chi connectivity index (χ3n) is 6.02. The quantitative estimate of drug-likeness (QED) is 0.461. The van der Waals surface area contributed by atoms with E-state index in [-0.39, 0.29) is 0 Å². The molecule has 0 aromatic carbocycles. The van der Waals surface area contributed by atoms with Crippen molar-refractivity contribution in [2.24, 2.45) is 35.5 Å². The molecule has 126 valence electrons. The maximum atomic E-state index is 12.5. The number of carbonyl (C=O) groups excluding carboxylic acids is 6. The highest BCUT2D eigenvalue weighted by atomic mass is 16.2. The van der Waals surface area contributed by atoms with Gasteiger partial charge in [-0.2, -0.15) is 0 Å². The summed E-state index contributed by atoms with van der Waals surface area (Å²) in [7, 11) is 3.88. The van der Waals surface area contributed by atoms with Crippen molar-refractivity contribution in [2.45, 2.75) is 0 Å². The summed E-state index contributed by atoms with van der Waals surface area (Å²) in [6, 6.07) is 0. The Labute approximate surface area is 136 Å². The maximum absolute atomic E-state index is 12.5. The predicted molar refractivity (Wildman–Crippen MR) is 74.3 cm³/mol. The molecule has 0 N–H and O–H groups in total. The van der Waals surface area contributed by atoms with Crippen LogP contribution in [0.3, 0.4) is 0 Å². The predicted octanol–water partition coefficient (Wildman–Crippen LogP) is -2.31. The first-order chi connectivity index (χ1) is 11.2. The van der Waals surface area contributed by atoms with Crippen molar-refractivity contribution in [3.8, 4) is 0 Å². The molecule has 0 aromatic rings. The lowest BCUT2D eigenvalue weighted by Crippen LogP contribution is -2.50. The van der Waals surface area contributed by atoms with Gasteiger partial charge in [0.2, 0.25) is 35.4 Å². The van der Waals surface area contributed by atoms with Crippen molar-refractivity contribution in [3.05, 3.63) is 0 Å². The molecule has 1 saturated carbocycles. The standard InChI is InChI=1S/C15H15N3O6/c1-16-10(19)4-5(11(16)20)7-9(15(24)18(3)13(7)22)8-6(4)12(21)17(2)14(8)23/h4-9H,1-3H3. The molecule has 9 nitrogen and oxygen atoms in total. The van der Waals surface area contributed by atoms with Crippen LogP contribution in [0.15, 0.2) is 0 Å². The highest BCUT2D eigenvalue weighted by Crippen LogP contribution is 2.56. The second-order valence-corrected chi connectivity index (χ2v) is 6.86. The molecule has 3 heterocycles. The van der Waals surface area contributed by atoms with Crippen molar-refractivity contribution < 1.29 is 28.8 Å². The Hall–Kier alpha value is -2.58. The van der Waals surface area contributed by atoms with E-state index >= 15 is 0 Å². The summed E-state index contributed by atoms with van der Waals surface area (Å²) < 4.78 is 0. The van der Waals surface area contributed by atoms with Crippen LogP contribution in [-0.4, -0.2) is 71.3 Å². The van der Waals surface area contributed by atoms with Crippen LogP contribution in [0, 0.1) is 35.5 Å². The number of fused-ring (bicyclic) bond motifs is 6. The number of likely N-dealkylation sites (tertiary alicyclic amines) is 3. The first-order valence-corrected chi connectivity index (χ1v) is 7.64. The maximum Gasteiger partial charge on any atom is 0.233 e. The van der Waals surface area contributed by atoms with Crippen molar-refractivity contribution in [3.63, 3.8) is 0 Å². The lowest BCUT2D eigenvalue weighted by molar-refractivity contribution is -0.146. The number of hydrogen-bond acceptors (Lipinski definition) is 6. The molecule has 4 rings (SSSR count). The average Bonchev–Trinajstić information content (AvgIpc) is 3.02. The third kappa shape index (κ3) is 1.37. The first kappa shape index (κ1) is 15.0. The average molecular weight is 333 g/mol. The number of carbonyl (C=O) groups is 6. The van der Waals surface area contributed by atoms with E-state index in [9.17, 15) is 28.8 Å². The van der Waals surface area contributed by atoms with E-state index in [0.717, 1.165) is 14.7 Å². The molecule has 0 bridgehead atoms. The Morgan fingerprint density at radius 2 is 0.542 bits per heavy atom. The number of amides is 6. The van der Waals surface area contributed by atoms with E-state index in [4.69, 9.17) is 0 Å². The van der Waals surface area contributed by atoms with Gasteiger partial charge in [-0.05, 0) is 0 Å². The van der Waals surface area contributed by atoms with E-state index in [1.54, 1.807) is 0 Å². The van der Waals surface area contributed by atoms with Gasteiger partial charge in [-0.25, -0.2) is 0 Å². The summed E-state index contributed by atoms with van der Waals surface area (Å²) >= 11 is 0. The smallest absolute Gasteiger partial charge is 0.233 e. The second kappa shape index (κ2) is 4.28. The van der Waals surface area contributed by atoms with Crippen molar-refractivity contribution >= 4 is 35.4 Å². The van der Waals surface area contributed by atoms with E-state index < -0.39 is 71.0 Å². The molecule has 0 spiro atoms. The van der Waals surface area contributed by atoms with Crippen LogP contribution in [-0.2, 0) is 28.8 Å². The molecule has 3 saturated heterocycles. The summed E-state index contributed by atoms with van der Waals surface area (Å²) in [5.41, 5.74) is 0. The Morgan fingerprint density at radius 1 is 0.417 bits per heavy atom. The summed E-state index contributed by atoms with van der Waals surface area (Å²) in [5, 5.41) is 0. The van der Waals surface area contributed by atoms with Crippen LogP contribution in [0.5, 0.6) is 0 Å². The van der Waals surface area contributed by atoms with Crippen LogP contribution in [0.2, 0.25) is 0 Å². The molecule has 24 heavy (non-hydrogen) atoms. The van der Waals surface area contributed by atoms with Crippen LogP contribution in [0.25, 0.3) is 0 Å². The van der Waals surface area contributed by atoms with Gasteiger partial charge in [-0.15, -0.1) is 0 Å². The Morgan fingerprint density at radius 3 is 0.667 bits per heavy atom. The molecular formula is C15H15N3O6. The highest BCUT2D eigenvalue weighted by molar-refractivity contribution is 6.18. The number of nitrogens with zero attached hydrogens (tertiary/aromatic N) is 3. The molecule has 4 aliphatic rings. The molecule has 0 atom stereocenters. The number of rotatable bonds is 0. The summed E-state index contributed by atoms with van der Waals surface area (Å²) in [6.07, 6.45) is 0. The fraction of sp³-hybridized carbons (Fsp3) is 0.600. The van der Waals surface area contributed by atoms with Gasteiger partial charge in [-0.1, -0.05) is 0 Å². The molecule has 0 unspecified atom stereocenters. The van der Waals surface area contributed by atoms with Gasteiger partial charge < -0.3 is 0 Å². The minimum absolute atomic E-state index is 0.565. The molecule has 4 fully saturated rings. The van der Waals surface area contributed by atoms with E-state index in [0.29, 0.717) is 0 Å². The molecule has 0 radical (unpaired) electrons. The normalized spacial score (nSPS) is 41.4. The molecule has 6 amide bonds. The second-order valence-electron chi connectivity index (χ2n) is 6.86. The molecule has 0 aromatic heterocycles. The Kier molecular flexibility index (Phi) is 2.67. The zero-order chi connectivity index (χ0) is 17.7. The fourth-order valence-electron chi connectivity index (χ4n) is 4.85. The van der Waals surface area contributed by atoms with Crippen LogP contribution >= 0.6 is 0 Å². The third-order valence-corrected chi connectivity index (χ3v) is 6.02. The summed E-state index contributed by atoms with van der Waals surface area (Å²) in [5.74, 6) is -9.73. The summed E-state index contributed by atoms with van der Waals surface area (Å²) in [4.78, 5) is 77.8. The number of hydrogen-bond donors (Lipinski definition) is 0. The number of imide groups is 3. The van der Waals surface area contributed by atoms with Gasteiger partial charge in [0.25, 0.3) is 0 Å². The lowest BCUT2D eigenvalue weighted by atomic mass is 9.59. The van der Waals surface area contributed by atoms with Crippen molar-refractivity contribution in [1.29, 1.82) is 0 Å². The minimum Gasteiger partial charge on any atom is -0.285 e. The molecule has 9 heteroatoms. The largest absolute Gasteiger partial charge is 0.285 e. The van der Waals surface area contributed by atoms with E-state index in [1.165, 1.54) is 21.1 Å². The zero-order valence-corrected chi connectivity index (χ0v) is 13.3. The minimum atomic E-state index is -1.06. The van der Waals surface area contributed by atoms with Gasteiger partial charge in [0.15, 0.2) is 0 Å².